The van der Waals surface area contributed by atoms with Gasteiger partial charge in [-0.3, -0.25) is 4.79 Å². The maximum Gasteiger partial charge on any atom is 0.258 e. The number of amides is 1. The van der Waals surface area contributed by atoms with Gasteiger partial charge in [0.05, 0.1) is 5.56 Å². The lowest BCUT2D eigenvalue weighted by Crippen LogP contribution is -2.15. The SMILES string of the molecule is Cc1cccc(N)c1C(=O)Nc1ccc(I)cc1. The second-order valence-electron chi connectivity index (χ2n) is 4.00. The number of carbonyl (C=O) groups excluding carboxylic acids is 1. The fourth-order valence-corrected chi connectivity index (χ4v) is 2.09. The summed E-state index contributed by atoms with van der Waals surface area (Å²) in [6.07, 6.45) is 0. The lowest BCUT2D eigenvalue weighted by molar-refractivity contribution is 0.102. The Kier molecular flexibility index (Phi) is 3.86. The van der Waals surface area contributed by atoms with Gasteiger partial charge in [-0.2, -0.15) is 0 Å². The summed E-state index contributed by atoms with van der Waals surface area (Å²) in [6.45, 7) is 1.87. The maximum absolute atomic E-state index is 12.1. The monoisotopic (exact) mass is 352 g/mol. The molecule has 18 heavy (non-hydrogen) atoms. The summed E-state index contributed by atoms with van der Waals surface area (Å²) in [4.78, 5) is 12.1. The van der Waals surface area contributed by atoms with Gasteiger partial charge in [-0.1, -0.05) is 12.1 Å². The van der Waals surface area contributed by atoms with Gasteiger partial charge in [0.25, 0.3) is 5.91 Å². The minimum Gasteiger partial charge on any atom is -0.398 e. The summed E-state index contributed by atoms with van der Waals surface area (Å²) >= 11 is 2.22. The van der Waals surface area contributed by atoms with Crippen molar-refractivity contribution in [2.45, 2.75) is 6.92 Å². The van der Waals surface area contributed by atoms with Crippen molar-refractivity contribution in [3.8, 4) is 0 Å². The first-order valence-electron chi connectivity index (χ1n) is 5.50. The number of halogens is 1. The minimum absolute atomic E-state index is 0.174. The van der Waals surface area contributed by atoms with E-state index in [1.54, 1.807) is 6.07 Å². The first-order chi connectivity index (χ1) is 8.58. The van der Waals surface area contributed by atoms with Crippen molar-refractivity contribution >= 4 is 39.9 Å². The Morgan fingerprint density at radius 2 is 1.83 bits per heavy atom. The largest absolute Gasteiger partial charge is 0.398 e. The van der Waals surface area contributed by atoms with Crippen LogP contribution in [0, 0.1) is 10.5 Å². The van der Waals surface area contributed by atoms with Crippen molar-refractivity contribution in [2.75, 3.05) is 11.1 Å². The molecule has 0 bridgehead atoms. The van der Waals surface area contributed by atoms with E-state index in [-0.39, 0.29) is 5.91 Å². The molecule has 0 aliphatic heterocycles. The standard InChI is InChI=1S/C14H13IN2O/c1-9-3-2-4-12(16)13(9)14(18)17-11-7-5-10(15)6-8-11/h2-8H,16H2,1H3,(H,17,18). The predicted octanol–water partition coefficient (Wildman–Crippen LogP) is 3.43. The number of nitrogens with one attached hydrogen (secondary N) is 1. The summed E-state index contributed by atoms with van der Waals surface area (Å²) in [5, 5.41) is 2.84. The number of hydrogen-bond donors (Lipinski definition) is 2. The van der Waals surface area contributed by atoms with Crippen molar-refractivity contribution in [1.29, 1.82) is 0 Å². The van der Waals surface area contributed by atoms with E-state index >= 15 is 0 Å². The van der Waals surface area contributed by atoms with Gasteiger partial charge in [0.1, 0.15) is 0 Å². The third-order valence-corrected chi connectivity index (χ3v) is 3.35. The van der Waals surface area contributed by atoms with Gasteiger partial charge in [-0.15, -0.1) is 0 Å². The van der Waals surface area contributed by atoms with Crippen LogP contribution in [0.15, 0.2) is 42.5 Å². The van der Waals surface area contributed by atoms with Crippen LogP contribution in [0.2, 0.25) is 0 Å². The molecule has 3 N–H and O–H groups in total. The van der Waals surface area contributed by atoms with Gasteiger partial charge in [-0.25, -0.2) is 0 Å². The Balaban J connectivity index is 2.25. The predicted molar refractivity (Wildman–Crippen MR) is 82.7 cm³/mol. The number of nitrogens with two attached hydrogens (primary N) is 1. The van der Waals surface area contributed by atoms with Crippen LogP contribution in [0.25, 0.3) is 0 Å². The molecule has 0 radical (unpaired) electrons. The van der Waals surface area contributed by atoms with Gasteiger partial charge in [0.15, 0.2) is 0 Å². The highest BCUT2D eigenvalue weighted by molar-refractivity contribution is 14.1. The first-order valence-corrected chi connectivity index (χ1v) is 6.58. The topological polar surface area (TPSA) is 55.1 Å². The summed E-state index contributed by atoms with van der Waals surface area (Å²) in [6, 6.07) is 13.1. The maximum atomic E-state index is 12.1. The molecule has 0 heterocycles. The second kappa shape index (κ2) is 5.39. The molecule has 0 aromatic heterocycles. The zero-order valence-corrected chi connectivity index (χ0v) is 12.1. The number of aryl methyl sites for hydroxylation is 1. The molecule has 0 atom stereocenters. The Labute approximate surface area is 120 Å². The second-order valence-corrected chi connectivity index (χ2v) is 5.25. The first kappa shape index (κ1) is 12.9. The van der Waals surface area contributed by atoms with Crippen LogP contribution in [-0.2, 0) is 0 Å². The third-order valence-electron chi connectivity index (χ3n) is 2.63. The van der Waals surface area contributed by atoms with Gasteiger partial charge in [0, 0.05) is 14.9 Å². The van der Waals surface area contributed by atoms with Crippen molar-refractivity contribution in [3.63, 3.8) is 0 Å². The van der Waals surface area contributed by atoms with E-state index in [2.05, 4.69) is 27.9 Å². The molecule has 0 fully saturated rings. The molecule has 3 nitrogen and oxygen atoms in total. The molecule has 0 saturated carbocycles. The van der Waals surface area contributed by atoms with Crippen LogP contribution in [0.5, 0.6) is 0 Å². The fraction of sp³-hybridized carbons (Fsp3) is 0.0714. The van der Waals surface area contributed by atoms with Crippen LogP contribution in [-0.4, -0.2) is 5.91 Å². The van der Waals surface area contributed by atoms with E-state index in [1.165, 1.54) is 0 Å². The van der Waals surface area contributed by atoms with Crippen LogP contribution in [0.1, 0.15) is 15.9 Å². The van der Waals surface area contributed by atoms with Crippen LogP contribution in [0.3, 0.4) is 0 Å². The van der Waals surface area contributed by atoms with Crippen molar-refractivity contribution in [3.05, 3.63) is 57.2 Å². The van der Waals surface area contributed by atoms with E-state index in [0.717, 1.165) is 14.8 Å². The number of benzene rings is 2. The number of nitrogen functional groups attached to an aromatic ring is 1. The van der Waals surface area contributed by atoms with E-state index in [1.807, 2.05) is 43.3 Å². The van der Waals surface area contributed by atoms with Crippen LogP contribution >= 0.6 is 22.6 Å². The number of hydrogen-bond acceptors (Lipinski definition) is 2. The molecule has 0 unspecified atom stereocenters. The highest BCUT2D eigenvalue weighted by Gasteiger charge is 2.12. The molecule has 4 heteroatoms. The molecule has 1 amide bonds. The van der Waals surface area contributed by atoms with Crippen molar-refractivity contribution in [2.24, 2.45) is 0 Å². The average Bonchev–Trinajstić information content (AvgIpc) is 2.32. The number of carbonyl (C=O) groups is 1. The van der Waals surface area contributed by atoms with Crippen molar-refractivity contribution < 1.29 is 4.79 Å². The van der Waals surface area contributed by atoms with Gasteiger partial charge in [-0.05, 0) is 65.4 Å². The summed E-state index contributed by atoms with van der Waals surface area (Å²) in [5.41, 5.74) is 8.51. The fourth-order valence-electron chi connectivity index (χ4n) is 1.73. The third kappa shape index (κ3) is 2.81. The molecule has 0 aliphatic carbocycles. The molecular weight excluding hydrogens is 339 g/mol. The number of rotatable bonds is 2. The highest BCUT2D eigenvalue weighted by Crippen LogP contribution is 2.19. The van der Waals surface area contributed by atoms with Gasteiger partial charge in [0.2, 0.25) is 0 Å². The quantitative estimate of drug-likeness (QED) is 0.643. The minimum atomic E-state index is -0.174. The lowest BCUT2D eigenvalue weighted by atomic mass is 10.1. The molecule has 0 spiro atoms. The molecule has 0 aliphatic rings. The number of anilines is 2. The summed E-state index contributed by atoms with van der Waals surface area (Å²) < 4.78 is 1.13. The average molecular weight is 352 g/mol. The summed E-state index contributed by atoms with van der Waals surface area (Å²) in [5.74, 6) is -0.174. The van der Waals surface area contributed by atoms with E-state index in [9.17, 15) is 4.79 Å². The normalized spacial score (nSPS) is 10.1. The van der Waals surface area contributed by atoms with E-state index in [4.69, 9.17) is 5.73 Å². The zero-order valence-electron chi connectivity index (χ0n) is 9.91. The molecule has 2 aromatic carbocycles. The molecular formula is C14H13IN2O. The van der Waals surface area contributed by atoms with E-state index < -0.39 is 0 Å². The van der Waals surface area contributed by atoms with Crippen LogP contribution < -0.4 is 11.1 Å². The highest BCUT2D eigenvalue weighted by atomic mass is 127. The zero-order chi connectivity index (χ0) is 13.1. The molecule has 2 aromatic rings. The summed E-state index contributed by atoms with van der Waals surface area (Å²) in [7, 11) is 0. The smallest absolute Gasteiger partial charge is 0.258 e. The Hall–Kier alpha value is -1.56. The molecule has 2 rings (SSSR count). The Bertz CT molecular complexity index is 559. The van der Waals surface area contributed by atoms with Crippen LogP contribution in [0.4, 0.5) is 11.4 Å². The lowest BCUT2D eigenvalue weighted by Gasteiger charge is -2.10. The van der Waals surface area contributed by atoms with Gasteiger partial charge >= 0.3 is 0 Å². The Morgan fingerprint density at radius 3 is 2.44 bits per heavy atom. The van der Waals surface area contributed by atoms with Gasteiger partial charge < -0.3 is 11.1 Å². The van der Waals surface area contributed by atoms with Crippen molar-refractivity contribution in [1.82, 2.24) is 0 Å². The Morgan fingerprint density at radius 1 is 1.17 bits per heavy atom. The molecule has 0 saturated heterocycles. The van der Waals surface area contributed by atoms with E-state index in [0.29, 0.717) is 11.3 Å². The molecule has 92 valence electrons.